The predicted molar refractivity (Wildman–Crippen MR) is 201 cm³/mol. The number of rotatable bonds is 4. The van der Waals surface area contributed by atoms with Crippen molar-refractivity contribution in [2.24, 2.45) is 0 Å². The van der Waals surface area contributed by atoms with Crippen LogP contribution in [0, 0.1) is 0 Å². The zero-order chi connectivity index (χ0) is 33.1. The summed E-state index contributed by atoms with van der Waals surface area (Å²) in [6.45, 7) is 0. The van der Waals surface area contributed by atoms with Gasteiger partial charge < -0.3 is 0 Å². The SMILES string of the molecule is c1ccc(-c2nc(-c3ccccc3)nc(-c3cccnc3-c3ccc4c(c3)C3(c5ccccc5S4)c4ccccc4-c4ccccc43)n2)cc1. The van der Waals surface area contributed by atoms with Crippen LogP contribution in [-0.4, -0.2) is 19.9 Å². The average Bonchev–Trinajstić information content (AvgIpc) is 3.49. The molecule has 2 aliphatic rings. The molecule has 1 aliphatic heterocycles. The lowest BCUT2D eigenvalue weighted by atomic mass is 9.67. The predicted octanol–water partition coefficient (Wildman–Crippen LogP) is 10.8. The highest BCUT2D eigenvalue weighted by Crippen LogP contribution is 2.62. The topological polar surface area (TPSA) is 51.6 Å². The van der Waals surface area contributed by atoms with Gasteiger partial charge >= 0.3 is 0 Å². The van der Waals surface area contributed by atoms with E-state index >= 15 is 0 Å². The number of aromatic nitrogens is 4. The molecule has 234 valence electrons. The van der Waals surface area contributed by atoms with Crippen molar-refractivity contribution in [1.29, 1.82) is 0 Å². The number of nitrogens with zero attached hydrogens (tertiary/aromatic N) is 4. The lowest BCUT2D eigenvalue weighted by molar-refractivity contribution is 0.722. The molecule has 3 heterocycles. The van der Waals surface area contributed by atoms with Gasteiger partial charge in [-0.05, 0) is 63.7 Å². The minimum Gasteiger partial charge on any atom is -0.255 e. The number of benzene rings is 6. The first-order valence-electron chi connectivity index (χ1n) is 16.7. The van der Waals surface area contributed by atoms with E-state index in [1.165, 1.54) is 43.2 Å². The van der Waals surface area contributed by atoms with Gasteiger partial charge in [0.25, 0.3) is 0 Å². The number of pyridine rings is 1. The minimum absolute atomic E-state index is 0.469. The van der Waals surface area contributed by atoms with Gasteiger partial charge in [0.05, 0.1) is 11.1 Å². The van der Waals surface area contributed by atoms with Crippen LogP contribution in [0.1, 0.15) is 22.3 Å². The molecule has 0 bridgehead atoms. The molecule has 2 aromatic heterocycles. The zero-order valence-electron chi connectivity index (χ0n) is 26.9. The molecule has 4 nitrogen and oxygen atoms in total. The molecule has 6 aromatic carbocycles. The summed E-state index contributed by atoms with van der Waals surface area (Å²) in [6.07, 6.45) is 1.86. The average molecular weight is 657 g/mol. The van der Waals surface area contributed by atoms with Crippen molar-refractivity contribution in [1.82, 2.24) is 19.9 Å². The van der Waals surface area contributed by atoms with Gasteiger partial charge in [-0.25, -0.2) is 15.0 Å². The van der Waals surface area contributed by atoms with E-state index in [1.807, 2.05) is 84.7 Å². The van der Waals surface area contributed by atoms with Gasteiger partial charge in [0.1, 0.15) is 0 Å². The number of fused-ring (bicyclic) bond motifs is 9. The van der Waals surface area contributed by atoms with Crippen molar-refractivity contribution >= 4 is 11.8 Å². The number of hydrogen-bond acceptors (Lipinski definition) is 5. The molecule has 0 radical (unpaired) electrons. The highest BCUT2D eigenvalue weighted by Gasteiger charge is 2.50. The van der Waals surface area contributed by atoms with E-state index in [1.54, 1.807) is 0 Å². The maximum Gasteiger partial charge on any atom is 0.166 e. The maximum absolute atomic E-state index is 5.07. The van der Waals surface area contributed by atoms with Crippen LogP contribution in [0.25, 0.3) is 56.5 Å². The summed E-state index contributed by atoms with van der Waals surface area (Å²) >= 11 is 1.84. The molecule has 0 atom stereocenters. The Labute approximate surface area is 294 Å². The summed E-state index contributed by atoms with van der Waals surface area (Å²) in [4.78, 5) is 22.6. The van der Waals surface area contributed by atoms with Gasteiger partial charge in [0.15, 0.2) is 17.5 Å². The molecule has 5 heteroatoms. The van der Waals surface area contributed by atoms with Crippen molar-refractivity contribution in [2.45, 2.75) is 15.2 Å². The van der Waals surface area contributed by atoms with Gasteiger partial charge in [-0.15, -0.1) is 0 Å². The fourth-order valence-corrected chi connectivity index (χ4v) is 8.92. The van der Waals surface area contributed by atoms with Crippen LogP contribution >= 0.6 is 11.8 Å². The Morgan fingerprint density at radius 3 is 1.56 bits per heavy atom. The van der Waals surface area contributed by atoms with E-state index in [9.17, 15) is 0 Å². The summed E-state index contributed by atoms with van der Waals surface area (Å²) in [7, 11) is 0. The second kappa shape index (κ2) is 11.5. The monoisotopic (exact) mass is 656 g/mol. The largest absolute Gasteiger partial charge is 0.255 e. The Hall–Kier alpha value is -6.17. The highest BCUT2D eigenvalue weighted by molar-refractivity contribution is 7.99. The van der Waals surface area contributed by atoms with Crippen molar-refractivity contribution in [3.63, 3.8) is 0 Å². The van der Waals surface area contributed by atoms with Crippen molar-refractivity contribution < 1.29 is 0 Å². The molecule has 1 aliphatic carbocycles. The first-order chi connectivity index (χ1) is 24.8. The van der Waals surface area contributed by atoms with Crippen LogP contribution in [0.15, 0.2) is 180 Å². The van der Waals surface area contributed by atoms with Crippen LogP contribution in [0.2, 0.25) is 0 Å². The molecule has 0 saturated heterocycles. The third kappa shape index (κ3) is 4.34. The summed E-state index contributed by atoms with van der Waals surface area (Å²) in [5.41, 5.74) is 11.9. The quantitative estimate of drug-likeness (QED) is 0.189. The van der Waals surface area contributed by atoms with Crippen LogP contribution in [0.4, 0.5) is 0 Å². The maximum atomic E-state index is 5.07. The van der Waals surface area contributed by atoms with Gasteiger partial charge in [0, 0.05) is 38.2 Å². The molecule has 1 spiro atoms. The van der Waals surface area contributed by atoms with Crippen molar-refractivity contribution in [2.75, 3.05) is 0 Å². The Bertz CT molecular complexity index is 2480. The van der Waals surface area contributed by atoms with E-state index in [2.05, 4.69) is 97.1 Å². The second-order valence-corrected chi connectivity index (χ2v) is 13.7. The zero-order valence-corrected chi connectivity index (χ0v) is 27.7. The van der Waals surface area contributed by atoms with Crippen LogP contribution in [-0.2, 0) is 5.41 Å². The summed E-state index contributed by atoms with van der Waals surface area (Å²) in [5, 5.41) is 0. The molecule has 8 aromatic rings. The minimum atomic E-state index is -0.469. The standard InChI is InChI=1S/C45H28N4S/c1-3-14-29(15-4-1)42-47-43(30-16-5-2-6-17-30)49-44(48-42)34-20-13-27-46-41(34)31-25-26-40-38(28-31)45(37-23-11-12-24-39(37)50-40)35-21-9-7-18-32(35)33-19-8-10-22-36(33)45/h1-28H. The Morgan fingerprint density at radius 2 is 0.900 bits per heavy atom. The fraction of sp³-hybridized carbons (Fsp3) is 0.0222. The normalized spacial score (nSPS) is 13.3. The number of hydrogen-bond donors (Lipinski definition) is 0. The molecule has 0 fully saturated rings. The van der Waals surface area contributed by atoms with Crippen LogP contribution in [0.5, 0.6) is 0 Å². The Morgan fingerprint density at radius 1 is 0.380 bits per heavy atom. The third-order valence-corrected chi connectivity index (χ3v) is 11.0. The molecule has 0 unspecified atom stereocenters. The van der Waals surface area contributed by atoms with Gasteiger partial charge in [-0.1, -0.05) is 145 Å². The lowest BCUT2D eigenvalue weighted by Crippen LogP contribution is -2.32. The third-order valence-electron chi connectivity index (χ3n) is 9.87. The molecule has 0 amide bonds. The van der Waals surface area contributed by atoms with E-state index < -0.39 is 5.41 Å². The highest BCUT2D eigenvalue weighted by atomic mass is 32.2. The van der Waals surface area contributed by atoms with Gasteiger partial charge in [-0.3, -0.25) is 4.98 Å². The van der Waals surface area contributed by atoms with E-state index in [0.717, 1.165) is 27.9 Å². The van der Waals surface area contributed by atoms with Gasteiger partial charge in [0.2, 0.25) is 0 Å². The first-order valence-corrected chi connectivity index (χ1v) is 17.5. The molecule has 0 N–H and O–H groups in total. The second-order valence-electron chi connectivity index (χ2n) is 12.6. The van der Waals surface area contributed by atoms with Crippen molar-refractivity contribution in [3.8, 4) is 56.5 Å². The van der Waals surface area contributed by atoms with E-state index in [4.69, 9.17) is 19.9 Å². The van der Waals surface area contributed by atoms with Gasteiger partial charge in [-0.2, -0.15) is 0 Å². The first kappa shape index (κ1) is 28.8. The smallest absolute Gasteiger partial charge is 0.166 e. The molecule has 10 rings (SSSR count). The summed E-state index contributed by atoms with van der Waals surface area (Å²) in [5.74, 6) is 1.84. The summed E-state index contributed by atoms with van der Waals surface area (Å²) in [6, 6.07) is 57.7. The molecule has 50 heavy (non-hydrogen) atoms. The van der Waals surface area contributed by atoms with Crippen molar-refractivity contribution in [3.05, 3.63) is 192 Å². The van der Waals surface area contributed by atoms with E-state index in [0.29, 0.717) is 17.5 Å². The molecule has 0 saturated carbocycles. The Balaban J connectivity index is 1.21. The lowest BCUT2D eigenvalue weighted by Gasteiger charge is -2.40. The van der Waals surface area contributed by atoms with Crippen LogP contribution in [0.3, 0.4) is 0 Å². The van der Waals surface area contributed by atoms with E-state index in [-0.39, 0.29) is 0 Å². The van der Waals surface area contributed by atoms with Crippen LogP contribution < -0.4 is 0 Å². The molecular weight excluding hydrogens is 629 g/mol. The Kier molecular flexibility index (Phi) is 6.61. The molecular formula is C45H28N4S. The summed E-state index contributed by atoms with van der Waals surface area (Å²) < 4.78 is 0. The fourth-order valence-electron chi connectivity index (χ4n) is 7.75.